The molecule has 0 unspecified atom stereocenters. The van der Waals surface area contributed by atoms with Gasteiger partial charge < -0.3 is 20.0 Å². The Morgan fingerprint density at radius 2 is 1.59 bits per heavy atom. The Morgan fingerprint density at radius 1 is 0.909 bits per heavy atom. The first-order valence-electron chi connectivity index (χ1n) is 6.61. The predicted molar refractivity (Wildman–Crippen MR) is 81.8 cm³/mol. The van der Waals surface area contributed by atoms with E-state index in [1.165, 1.54) is 6.26 Å². The average Bonchev–Trinajstić information content (AvgIpc) is 3.23. The van der Waals surface area contributed by atoms with Gasteiger partial charge in [0.25, 0.3) is 11.8 Å². The number of rotatable bonds is 4. The molecule has 3 rings (SSSR count). The van der Waals surface area contributed by atoms with Crippen molar-refractivity contribution in [2.45, 2.75) is 0 Å². The van der Waals surface area contributed by atoms with Crippen molar-refractivity contribution in [2.75, 3.05) is 10.6 Å². The first kappa shape index (κ1) is 13.7. The van der Waals surface area contributed by atoms with Gasteiger partial charge >= 0.3 is 0 Å². The molecule has 0 saturated heterocycles. The van der Waals surface area contributed by atoms with E-state index in [9.17, 15) is 9.59 Å². The summed E-state index contributed by atoms with van der Waals surface area (Å²) in [5.41, 5.74) is 1.80. The fourth-order valence-corrected chi connectivity index (χ4v) is 1.91. The van der Waals surface area contributed by atoms with Gasteiger partial charge in [-0.1, -0.05) is 0 Å². The largest absolute Gasteiger partial charge is 0.459 e. The zero-order chi connectivity index (χ0) is 15.4. The van der Waals surface area contributed by atoms with Crippen LogP contribution in [0, 0.1) is 0 Å². The molecule has 0 atom stereocenters. The van der Waals surface area contributed by atoms with E-state index < -0.39 is 0 Å². The number of carbonyl (C=O) groups is 2. The van der Waals surface area contributed by atoms with Crippen LogP contribution in [-0.2, 0) is 0 Å². The van der Waals surface area contributed by atoms with Crippen LogP contribution in [-0.4, -0.2) is 16.8 Å². The number of carbonyl (C=O) groups excluding carboxylic acids is 2. The second-order valence-corrected chi connectivity index (χ2v) is 4.56. The summed E-state index contributed by atoms with van der Waals surface area (Å²) in [5, 5.41) is 5.46. The summed E-state index contributed by atoms with van der Waals surface area (Å²) in [7, 11) is 0. The van der Waals surface area contributed by atoms with E-state index >= 15 is 0 Å². The smallest absolute Gasteiger partial charge is 0.291 e. The van der Waals surface area contributed by atoms with E-state index in [1.807, 2.05) is 0 Å². The molecule has 1 aromatic carbocycles. The summed E-state index contributed by atoms with van der Waals surface area (Å²) in [6.45, 7) is 0. The lowest BCUT2D eigenvalue weighted by molar-refractivity contribution is 0.0994. The van der Waals surface area contributed by atoms with Crippen LogP contribution in [0.5, 0.6) is 0 Å². The molecule has 0 radical (unpaired) electrons. The zero-order valence-corrected chi connectivity index (χ0v) is 11.5. The van der Waals surface area contributed by atoms with Gasteiger partial charge in [0.1, 0.15) is 0 Å². The maximum atomic E-state index is 11.9. The summed E-state index contributed by atoms with van der Waals surface area (Å²) in [6.07, 6.45) is 4.74. The van der Waals surface area contributed by atoms with E-state index in [0.29, 0.717) is 16.9 Å². The fourth-order valence-electron chi connectivity index (χ4n) is 1.91. The minimum Gasteiger partial charge on any atom is -0.459 e. The lowest BCUT2D eigenvalue weighted by atomic mass is 10.2. The molecule has 3 aromatic rings. The number of nitrogens with one attached hydrogen (secondary N) is 3. The second kappa shape index (κ2) is 6.01. The molecule has 6 heteroatoms. The number of furan rings is 1. The third-order valence-electron chi connectivity index (χ3n) is 3.01. The standard InChI is InChI=1S/C16H13N3O3/c20-15(11-7-8-17-10-11)18-12-3-5-13(6-4-12)19-16(21)14-2-1-9-22-14/h1-10,17H,(H,18,20)(H,19,21). The van der Waals surface area contributed by atoms with E-state index in [4.69, 9.17) is 4.42 Å². The van der Waals surface area contributed by atoms with Crippen LogP contribution in [0.2, 0.25) is 0 Å². The molecular formula is C16H13N3O3. The van der Waals surface area contributed by atoms with Gasteiger partial charge in [0.2, 0.25) is 0 Å². The highest BCUT2D eigenvalue weighted by Crippen LogP contribution is 2.15. The van der Waals surface area contributed by atoms with Crippen LogP contribution in [0.1, 0.15) is 20.9 Å². The molecule has 0 bridgehead atoms. The molecule has 0 aliphatic rings. The molecule has 0 spiro atoms. The van der Waals surface area contributed by atoms with Crippen molar-refractivity contribution in [3.63, 3.8) is 0 Å². The van der Waals surface area contributed by atoms with Gasteiger partial charge in [-0.2, -0.15) is 0 Å². The van der Waals surface area contributed by atoms with Crippen LogP contribution < -0.4 is 10.6 Å². The average molecular weight is 295 g/mol. The Hall–Kier alpha value is -3.28. The molecule has 2 aromatic heterocycles. The minimum absolute atomic E-state index is 0.200. The Morgan fingerprint density at radius 3 is 2.14 bits per heavy atom. The third-order valence-corrected chi connectivity index (χ3v) is 3.01. The molecule has 0 aliphatic heterocycles. The second-order valence-electron chi connectivity index (χ2n) is 4.56. The highest BCUT2D eigenvalue weighted by atomic mass is 16.3. The summed E-state index contributed by atoms with van der Waals surface area (Å²) in [4.78, 5) is 26.5. The summed E-state index contributed by atoms with van der Waals surface area (Å²) < 4.78 is 5.01. The molecule has 0 saturated carbocycles. The van der Waals surface area contributed by atoms with Crippen molar-refractivity contribution in [3.05, 3.63) is 72.4 Å². The Balaban J connectivity index is 1.63. The van der Waals surface area contributed by atoms with Gasteiger partial charge in [-0.3, -0.25) is 9.59 Å². The molecule has 110 valence electrons. The summed E-state index contributed by atoms with van der Waals surface area (Å²) in [5.74, 6) is -0.285. The molecule has 6 nitrogen and oxygen atoms in total. The Kier molecular flexibility index (Phi) is 3.74. The number of aromatic amines is 1. The topological polar surface area (TPSA) is 87.1 Å². The molecule has 22 heavy (non-hydrogen) atoms. The maximum absolute atomic E-state index is 11.9. The molecule has 2 amide bonds. The first-order chi connectivity index (χ1) is 10.7. The zero-order valence-electron chi connectivity index (χ0n) is 11.5. The monoisotopic (exact) mass is 295 g/mol. The van der Waals surface area contributed by atoms with Crippen molar-refractivity contribution in [1.29, 1.82) is 0 Å². The predicted octanol–water partition coefficient (Wildman–Crippen LogP) is 3.11. The minimum atomic E-state index is -0.325. The van der Waals surface area contributed by atoms with E-state index in [2.05, 4.69) is 15.6 Å². The SMILES string of the molecule is O=C(Nc1ccc(NC(=O)c2ccco2)cc1)c1cc[nH]c1. The summed E-state index contributed by atoms with van der Waals surface area (Å²) >= 11 is 0. The van der Waals surface area contributed by atoms with Crippen molar-refractivity contribution < 1.29 is 14.0 Å². The van der Waals surface area contributed by atoms with Crippen LogP contribution in [0.3, 0.4) is 0 Å². The van der Waals surface area contributed by atoms with Gasteiger partial charge in [-0.15, -0.1) is 0 Å². The highest BCUT2D eigenvalue weighted by molar-refractivity contribution is 6.04. The maximum Gasteiger partial charge on any atom is 0.291 e. The number of hydrogen-bond acceptors (Lipinski definition) is 3. The number of amides is 2. The Bertz CT molecular complexity index is 692. The van der Waals surface area contributed by atoms with E-state index in [0.717, 1.165) is 0 Å². The normalized spacial score (nSPS) is 10.2. The van der Waals surface area contributed by atoms with Gasteiger partial charge in [0.15, 0.2) is 5.76 Å². The third kappa shape index (κ3) is 3.06. The Labute approximate surface area is 126 Å². The van der Waals surface area contributed by atoms with Crippen LogP contribution >= 0.6 is 0 Å². The van der Waals surface area contributed by atoms with Crippen LogP contribution in [0.4, 0.5) is 11.4 Å². The van der Waals surface area contributed by atoms with Gasteiger partial charge in [-0.25, -0.2) is 0 Å². The molecule has 3 N–H and O–H groups in total. The lowest BCUT2D eigenvalue weighted by Gasteiger charge is -2.06. The number of H-pyrrole nitrogens is 1. The number of hydrogen-bond donors (Lipinski definition) is 3. The van der Waals surface area contributed by atoms with Gasteiger partial charge in [0, 0.05) is 23.8 Å². The van der Waals surface area contributed by atoms with Crippen LogP contribution in [0.15, 0.2) is 65.5 Å². The number of benzene rings is 1. The molecule has 0 fully saturated rings. The van der Waals surface area contributed by atoms with Crippen molar-refractivity contribution in [1.82, 2.24) is 4.98 Å². The molecule has 0 aliphatic carbocycles. The lowest BCUT2D eigenvalue weighted by Crippen LogP contribution is -2.12. The molecule has 2 heterocycles. The van der Waals surface area contributed by atoms with Gasteiger partial charge in [-0.05, 0) is 42.5 Å². The van der Waals surface area contributed by atoms with Crippen molar-refractivity contribution in [3.8, 4) is 0 Å². The van der Waals surface area contributed by atoms with Crippen LogP contribution in [0.25, 0.3) is 0 Å². The first-order valence-corrected chi connectivity index (χ1v) is 6.61. The fraction of sp³-hybridized carbons (Fsp3) is 0. The van der Waals surface area contributed by atoms with Gasteiger partial charge in [0.05, 0.1) is 11.8 Å². The van der Waals surface area contributed by atoms with E-state index in [1.54, 1.807) is 54.9 Å². The highest BCUT2D eigenvalue weighted by Gasteiger charge is 2.09. The van der Waals surface area contributed by atoms with E-state index in [-0.39, 0.29) is 17.6 Å². The number of aromatic nitrogens is 1. The quantitative estimate of drug-likeness (QED) is 0.691. The summed E-state index contributed by atoms with van der Waals surface area (Å²) in [6, 6.07) is 11.7. The van der Waals surface area contributed by atoms with Crippen molar-refractivity contribution >= 4 is 23.2 Å². The van der Waals surface area contributed by atoms with Crippen molar-refractivity contribution in [2.24, 2.45) is 0 Å². The number of anilines is 2. The molecular weight excluding hydrogens is 282 g/mol.